The first-order valence-electron chi connectivity index (χ1n) is 8.39. The van der Waals surface area contributed by atoms with Crippen LogP contribution in [-0.2, 0) is 14.3 Å². The van der Waals surface area contributed by atoms with Crippen molar-refractivity contribution in [3.8, 4) is 0 Å². The van der Waals surface area contributed by atoms with Gasteiger partial charge >= 0.3 is 11.8 Å². The summed E-state index contributed by atoms with van der Waals surface area (Å²) >= 11 is 0. The number of anilines is 2. The highest BCUT2D eigenvalue weighted by Crippen LogP contribution is 2.26. The van der Waals surface area contributed by atoms with E-state index in [1.54, 1.807) is 4.90 Å². The second-order valence-electron chi connectivity index (χ2n) is 6.79. The minimum Gasteiger partial charge on any atom is -0.378 e. The summed E-state index contributed by atoms with van der Waals surface area (Å²) < 4.78 is 5.37. The monoisotopic (exact) mass is 333 g/mol. The van der Waals surface area contributed by atoms with E-state index in [-0.39, 0.29) is 0 Å². The molecule has 0 saturated carbocycles. The lowest BCUT2D eigenvalue weighted by Crippen LogP contribution is -2.50. The predicted octanol–water partition coefficient (Wildman–Crippen LogP) is 2.11. The molecule has 1 aliphatic heterocycles. The first-order valence-corrected chi connectivity index (χ1v) is 8.39. The molecule has 0 aliphatic carbocycles. The lowest BCUT2D eigenvalue weighted by molar-refractivity contribution is -0.146. The van der Waals surface area contributed by atoms with Crippen LogP contribution in [0.2, 0.25) is 0 Å². The fourth-order valence-corrected chi connectivity index (χ4v) is 2.88. The average Bonchev–Trinajstić information content (AvgIpc) is 2.55. The molecule has 6 heteroatoms. The fraction of sp³-hybridized carbons (Fsp3) is 0.556. The first kappa shape index (κ1) is 18.3. The van der Waals surface area contributed by atoms with Crippen molar-refractivity contribution in [3.63, 3.8) is 0 Å². The maximum absolute atomic E-state index is 12.5. The fourth-order valence-electron chi connectivity index (χ4n) is 2.88. The lowest BCUT2D eigenvalue weighted by Gasteiger charge is -2.34. The summed E-state index contributed by atoms with van der Waals surface area (Å²) in [7, 11) is 0. The number of carbonyl (C=O) groups excluding carboxylic acids is 2. The molecule has 1 saturated heterocycles. The zero-order chi connectivity index (χ0) is 17.7. The number of morpholine rings is 1. The third kappa shape index (κ3) is 4.26. The van der Waals surface area contributed by atoms with Crippen molar-refractivity contribution in [2.45, 2.75) is 33.2 Å². The summed E-state index contributed by atoms with van der Waals surface area (Å²) in [6.45, 7) is 11.0. The van der Waals surface area contributed by atoms with Gasteiger partial charge in [-0.2, -0.15) is 0 Å². The van der Waals surface area contributed by atoms with Crippen molar-refractivity contribution in [1.82, 2.24) is 4.90 Å². The SMILES string of the molecule is CCN(C(=O)C(=O)Nc1ccccc1N1CCOCC1)C(C)(C)C. The Morgan fingerprint density at radius 3 is 2.42 bits per heavy atom. The Morgan fingerprint density at radius 2 is 1.83 bits per heavy atom. The summed E-state index contributed by atoms with van der Waals surface area (Å²) in [6.07, 6.45) is 0. The molecule has 0 radical (unpaired) electrons. The third-order valence-electron chi connectivity index (χ3n) is 4.07. The number of nitrogens with one attached hydrogen (secondary N) is 1. The molecule has 0 unspecified atom stereocenters. The van der Waals surface area contributed by atoms with Gasteiger partial charge in [0, 0.05) is 25.2 Å². The molecule has 6 nitrogen and oxygen atoms in total. The summed E-state index contributed by atoms with van der Waals surface area (Å²) in [5.74, 6) is -1.12. The van der Waals surface area contributed by atoms with Crippen LogP contribution in [0.3, 0.4) is 0 Å². The molecule has 132 valence electrons. The lowest BCUT2D eigenvalue weighted by atomic mass is 10.1. The highest BCUT2D eigenvalue weighted by molar-refractivity contribution is 6.40. The molecule has 2 rings (SSSR count). The van der Waals surface area contributed by atoms with Crippen molar-refractivity contribution >= 4 is 23.2 Å². The number of rotatable bonds is 3. The van der Waals surface area contributed by atoms with Crippen LogP contribution in [0.5, 0.6) is 0 Å². The van der Waals surface area contributed by atoms with Crippen molar-refractivity contribution in [1.29, 1.82) is 0 Å². The van der Waals surface area contributed by atoms with E-state index in [9.17, 15) is 9.59 Å². The van der Waals surface area contributed by atoms with Gasteiger partial charge in [-0.1, -0.05) is 12.1 Å². The molecule has 1 aromatic carbocycles. The van der Waals surface area contributed by atoms with Crippen molar-refractivity contribution in [2.75, 3.05) is 43.1 Å². The maximum atomic E-state index is 12.5. The van der Waals surface area contributed by atoms with E-state index < -0.39 is 17.4 Å². The van der Waals surface area contributed by atoms with Gasteiger partial charge in [-0.3, -0.25) is 9.59 Å². The second kappa shape index (κ2) is 7.66. The quantitative estimate of drug-likeness (QED) is 0.861. The van der Waals surface area contributed by atoms with E-state index in [1.165, 1.54) is 0 Å². The van der Waals surface area contributed by atoms with Gasteiger partial charge in [-0.05, 0) is 39.8 Å². The van der Waals surface area contributed by atoms with Crippen molar-refractivity contribution < 1.29 is 14.3 Å². The number of carbonyl (C=O) groups is 2. The number of hydrogen-bond donors (Lipinski definition) is 1. The Morgan fingerprint density at radius 1 is 1.21 bits per heavy atom. The van der Waals surface area contributed by atoms with Crippen LogP contribution in [0.4, 0.5) is 11.4 Å². The zero-order valence-corrected chi connectivity index (χ0v) is 15.0. The van der Waals surface area contributed by atoms with Gasteiger partial charge in [0.1, 0.15) is 0 Å². The van der Waals surface area contributed by atoms with Gasteiger partial charge in [-0.15, -0.1) is 0 Å². The molecule has 2 amide bonds. The van der Waals surface area contributed by atoms with Gasteiger partial charge in [0.25, 0.3) is 0 Å². The number of nitrogens with zero attached hydrogens (tertiary/aromatic N) is 2. The largest absolute Gasteiger partial charge is 0.378 e. The molecule has 1 aromatic rings. The van der Waals surface area contributed by atoms with Crippen LogP contribution in [0.15, 0.2) is 24.3 Å². The smallest absolute Gasteiger partial charge is 0.313 e. The van der Waals surface area contributed by atoms with Gasteiger partial charge < -0.3 is 19.9 Å². The molecule has 0 bridgehead atoms. The highest BCUT2D eigenvalue weighted by Gasteiger charge is 2.30. The molecule has 1 aliphatic rings. The van der Waals surface area contributed by atoms with Crippen LogP contribution in [0.1, 0.15) is 27.7 Å². The molecule has 1 fully saturated rings. The molecule has 0 aromatic heterocycles. The molecule has 0 atom stereocenters. The van der Waals surface area contributed by atoms with Gasteiger partial charge in [0.05, 0.1) is 24.6 Å². The normalized spacial score (nSPS) is 15.1. The minimum absolute atomic E-state index is 0.396. The Bertz CT molecular complexity index is 589. The van der Waals surface area contributed by atoms with Gasteiger partial charge in [0.2, 0.25) is 0 Å². The van der Waals surface area contributed by atoms with E-state index in [4.69, 9.17) is 4.74 Å². The highest BCUT2D eigenvalue weighted by atomic mass is 16.5. The summed E-state index contributed by atoms with van der Waals surface area (Å²) in [6, 6.07) is 7.55. The van der Waals surface area contributed by atoms with Crippen molar-refractivity contribution in [3.05, 3.63) is 24.3 Å². The number of benzene rings is 1. The van der Waals surface area contributed by atoms with E-state index in [0.29, 0.717) is 25.4 Å². The van der Waals surface area contributed by atoms with Crippen LogP contribution >= 0.6 is 0 Å². The second-order valence-corrected chi connectivity index (χ2v) is 6.79. The van der Waals surface area contributed by atoms with E-state index in [1.807, 2.05) is 52.0 Å². The van der Waals surface area contributed by atoms with Crippen LogP contribution in [0, 0.1) is 0 Å². The van der Waals surface area contributed by atoms with Crippen LogP contribution in [-0.4, -0.2) is 55.1 Å². The number of para-hydroxylation sites is 2. The average molecular weight is 333 g/mol. The van der Waals surface area contributed by atoms with E-state index in [2.05, 4.69) is 10.2 Å². The number of likely N-dealkylation sites (N-methyl/N-ethyl adjacent to an activating group) is 1. The minimum atomic E-state index is -0.604. The maximum Gasteiger partial charge on any atom is 0.313 e. The van der Waals surface area contributed by atoms with Gasteiger partial charge in [-0.25, -0.2) is 0 Å². The Kier molecular flexibility index (Phi) is 5.83. The van der Waals surface area contributed by atoms with Crippen molar-refractivity contribution in [2.24, 2.45) is 0 Å². The Balaban J connectivity index is 2.15. The molecular weight excluding hydrogens is 306 g/mol. The molecular formula is C18H27N3O3. The zero-order valence-electron chi connectivity index (χ0n) is 15.0. The summed E-state index contributed by atoms with van der Waals surface area (Å²) in [5.41, 5.74) is 1.18. The summed E-state index contributed by atoms with van der Waals surface area (Å²) in [5, 5.41) is 2.78. The Labute approximate surface area is 143 Å². The van der Waals surface area contributed by atoms with Gasteiger partial charge in [0.15, 0.2) is 0 Å². The Hall–Kier alpha value is -2.08. The van der Waals surface area contributed by atoms with Crippen LogP contribution < -0.4 is 10.2 Å². The van der Waals surface area contributed by atoms with E-state index >= 15 is 0 Å². The number of amides is 2. The number of hydrogen-bond acceptors (Lipinski definition) is 4. The van der Waals surface area contributed by atoms with E-state index in [0.717, 1.165) is 18.8 Å². The first-order chi connectivity index (χ1) is 11.3. The standard InChI is InChI=1S/C18H27N3O3/c1-5-21(18(2,3)4)17(23)16(22)19-14-8-6-7-9-15(14)20-10-12-24-13-11-20/h6-9H,5,10-13H2,1-4H3,(H,19,22). The number of ether oxygens (including phenoxy) is 1. The molecule has 0 spiro atoms. The predicted molar refractivity (Wildman–Crippen MR) is 95.2 cm³/mol. The third-order valence-corrected chi connectivity index (χ3v) is 4.07. The topological polar surface area (TPSA) is 61.9 Å². The molecule has 24 heavy (non-hydrogen) atoms. The molecule has 1 heterocycles. The summed E-state index contributed by atoms with van der Waals surface area (Å²) in [4.78, 5) is 28.7. The molecule has 1 N–H and O–H groups in total. The van der Waals surface area contributed by atoms with Crippen LogP contribution in [0.25, 0.3) is 0 Å².